The summed E-state index contributed by atoms with van der Waals surface area (Å²) in [5.74, 6) is 1.44. The number of fused-ring (bicyclic) bond motifs is 1. The van der Waals surface area contributed by atoms with Crippen molar-refractivity contribution in [3.63, 3.8) is 0 Å². The Hall–Kier alpha value is -0.820. The molecule has 2 aliphatic carbocycles. The molecule has 2 aliphatic rings. The van der Waals surface area contributed by atoms with Gasteiger partial charge in [-0.3, -0.25) is 0 Å². The summed E-state index contributed by atoms with van der Waals surface area (Å²) in [4.78, 5) is 0. The van der Waals surface area contributed by atoms with Gasteiger partial charge in [-0.2, -0.15) is 0 Å². The molecule has 0 heterocycles. The molecule has 1 unspecified atom stereocenters. The van der Waals surface area contributed by atoms with Gasteiger partial charge in [0.25, 0.3) is 0 Å². The first-order chi connectivity index (χ1) is 7.12. The maximum Gasteiger partial charge on any atom is 0.0134 e. The highest BCUT2D eigenvalue weighted by atomic mass is 14.8. The molecule has 1 saturated carbocycles. The SMILES string of the molecule is CC1(C)[C@@H](N)[C@@H]1C1CCc2ccccc21. The van der Waals surface area contributed by atoms with E-state index < -0.39 is 0 Å². The quantitative estimate of drug-likeness (QED) is 0.742. The van der Waals surface area contributed by atoms with Crippen molar-refractivity contribution in [1.82, 2.24) is 0 Å². The van der Waals surface area contributed by atoms with Crippen LogP contribution in [-0.2, 0) is 6.42 Å². The van der Waals surface area contributed by atoms with Gasteiger partial charge in [-0.25, -0.2) is 0 Å². The number of rotatable bonds is 1. The Morgan fingerprint density at radius 2 is 1.93 bits per heavy atom. The van der Waals surface area contributed by atoms with Gasteiger partial charge in [0.1, 0.15) is 0 Å². The number of hydrogen-bond donors (Lipinski definition) is 1. The van der Waals surface area contributed by atoms with Crippen molar-refractivity contribution < 1.29 is 0 Å². The van der Waals surface area contributed by atoms with Gasteiger partial charge < -0.3 is 5.73 Å². The van der Waals surface area contributed by atoms with Gasteiger partial charge in [0.15, 0.2) is 0 Å². The lowest BCUT2D eigenvalue weighted by atomic mass is 9.92. The second-order valence-electron chi connectivity index (χ2n) is 5.72. The van der Waals surface area contributed by atoms with Crippen molar-refractivity contribution >= 4 is 0 Å². The molecule has 0 aromatic heterocycles. The van der Waals surface area contributed by atoms with Crippen LogP contribution >= 0.6 is 0 Å². The molecule has 3 atom stereocenters. The normalized spacial score (nSPS) is 36.3. The Labute approximate surface area is 91.7 Å². The summed E-state index contributed by atoms with van der Waals surface area (Å²) in [7, 11) is 0. The molecular weight excluding hydrogens is 182 g/mol. The van der Waals surface area contributed by atoms with E-state index in [0.29, 0.717) is 17.4 Å². The number of benzene rings is 1. The van der Waals surface area contributed by atoms with Gasteiger partial charge in [-0.05, 0) is 41.2 Å². The number of hydrogen-bond acceptors (Lipinski definition) is 1. The summed E-state index contributed by atoms with van der Waals surface area (Å²) in [6.45, 7) is 4.62. The molecule has 0 radical (unpaired) electrons. The Morgan fingerprint density at radius 1 is 1.27 bits per heavy atom. The van der Waals surface area contributed by atoms with E-state index in [4.69, 9.17) is 5.73 Å². The Balaban J connectivity index is 1.93. The molecule has 0 amide bonds. The van der Waals surface area contributed by atoms with Gasteiger partial charge in [0.2, 0.25) is 0 Å². The van der Waals surface area contributed by atoms with Crippen LogP contribution in [0.2, 0.25) is 0 Å². The van der Waals surface area contributed by atoms with Crippen LogP contribution in [-0.4, -0.2) is 6.04 Å². The fourth-order valence-electron chi connectivity index (χ4n) is 3.45. The first-order valence-corrected chi connectivity index (χ1v) is 5.96. The predicted octanol–water partition coefficient (Wildman–Crippen LogP) is 2.70. The van der Waals surface area contributed by atoms with Crippen LogP contribution in [0.3, 0.4) is 0 Å². The third-order valence-corrected chi connectivity index (χ3v) is 4.61. The predicted molar refractivity (Wildman–Crippen MR) is 62.8 cm³/mol. The highest BCUT2D eigenvalue weighted by Crippen LogP contribution is 2.60. The van der Waals surface area contributed by atoms with E-state index in [9.17, 15) is 0 Å². The monoisotopic (exact) mass is 201 g/mol. The first-order valence-electron chi connectivity index (χ1n) is 5.96. The molecule has 3 rings (SSSR count). The summed E-state index contributed by atoms with van der Waals surface area (Å²) >= 11 is 0. The zero-order valence-corrected chi connectivity index (χ0v) is 9.53. The largest absolute Gasteiger partial charge is 0.327 e. The molecule has 0 aliphatic heterocycles. The summed E-state index contributed by atoms with van der Waals surface area (Å²) < 4.78 is 0. The minimum Gasteiger partial charge on any atom is -0.327 e. The summed E-state index contributed by atoms with van der Waals surface area (Å²) in [6.07, 6.45) is 2.56. The fraction of sp³-hybridized carbons (Fsp3) is 0.571. The molecule has 1 nitrogen and oxygen atoms in total. The van der Waals surface area contributed by atoms with Crippen LogP contribution in [0.25, 0.3) is 0 Å². The molecule has 1 heteroatoms. The van der Waals surface area contributed by atoms with Gasteiger partial charge in [-0.1, -0.05) is 38.1 Å². The molecule has 1 aromatic carbocycles. The zero-order valence-electron chi connectivity index (χ0n) is 9.53. The highest BCUT2D eigenvalue weighted by molar-refractivity contribution is 5.38. The fourth-order valence-corrected chi connectivity index (χ4v) is 3.45. The Bertz CT molecular complexity index is 394. The molecular formula is C14H19N. The molecule has 0 bridgehead atoms. The summed E-state index contributed by atoms with van der Waals surface area (Å²) in [5.41, 5.74) is 9.67. The van der Waals surface area contributed by atoms with Crippen LogP contribution in [0.5, 0.6) is 0 Å². The molecule has 0 saturated heterocycles. The van der Waals surface area contributed by atoms with E-state index in [1.54, 1.807) is 11.1 Å². The molecule has 0 spiro atoms. The van der Waals surface area contributed by atoms with Crippen LogP contribution in [0.1, 0.15) is 37.3 Å². The van der Waals surface area contributed by atoms with Gasteiger partial charge in [0.05, 0.1) is 0 Å². The molecule has 15 heavy (non-hydrogen) atoms. The Morgan fingerprint density at radius 3 is 2.60 bits per heavy atom. The minimum atomic E-state index is 0.363. The van der Waals surface area contributed by atoms with E-state index in [2.05, 4.69) is 38.1 Å². The molecule has 80 valence electrons. The van der Waals surface area contributed by atoms with Crippen molar-refractivity contribution in [1.29, 1.82) is 0 Å². The summed E-state index contributed by atoms with van der Waals surface area (Å²) in [5, 5.41) is 0. The highest BCUT2D eigenvalue weighted by Gasteiger charge is 2.59. The lowest BCUT2D eigenvalue weighted by Gasteiger charge is -2.12. The topological polar surface area (TPSA) is 26.0 Å². The summed E-state index contributed by atoms with van der Waals surface area (Å²) in [6, 6.07) is 9.30. The van der Waals surface area contributed by atoms with E-state index in [1.165, 1.54) is 12.8 Å². The van der Waals surface area contributed by atoms with Crippen molar-refractivity contribution in [2.75, 3.05) is 0 Å². The van der Waals surface area contributed by atoms with Gasteiger partial charge in [-0.15, -0.1) is 0 Å². The number of nitrogens with two attached hydrogens (primary N) is 1. The zero-order chi connectivity index (χ0) is 10.6. The van der Waals surface area contributed by atoms with Crippen molar-refractivity contribution in [3.05, 3.63) is 35.4 Å². The second-order valence-corrected chi connectivity index (χ2v) is 5.72. The Kier molecular flexibility index (Phi) is 1.79. The standard InChI is InChI=1S/C14H19N/c1-14(2)12(13(14)15)11-8-7-9-5-3-4-6-10(9)11/h3-6,11-13H,7-8,15H2,1-2H3/t11?,12-,13-/m0/s1. The van der Waals surface area contributed by atoms with E-state index in [-0.39, 0.29) is 0 Å². The lowest BCUT2D eigenvalue weighted by Crippen LogP contribution is -2.08. The van der Waals surface area contributed by atoms with E-state index in [1.807, 2.05) is 0 Å². The van der Waals surface area contributed by atoms with Gasteiger partial charge in [0, 0.05) is 6.04 Å². The van der Waals surface area contributed by atoms with E-state index >= 15 is 0 Å². The van der Waals surface area contributed by atoms with Crippen LogP contribution in [0.15, 0.2) is 24.3 Å². The van der Waals surface area contributed by atoms with Crippen LogP contribution < -0.4 is 5.73 Å². The van der Waals surface area contributed by atoms with Crippen LogP contribution in [0.4, 0.5) is 0 Å². The van der Waals surface area contributed by atoms with Crippen LogP contribution in [0, 0.1) is 11.3 Å². The maximum atomic E-state index is 6.18. The van der Waals surface area contributed by atoms with Crippen molar-refractivity contribution in [2.45, 2.75) is 38.6 Å². The first kappa shape index (κ1) is 9.41. The van der Waals surface area contributed by atoms with Gasteiger partial charge >= 0.3 is 0 Å². The molecule has 1 aromatic rings. The minimum absolute atomic E-state index is 0.363. The third-order valence-electron chi connectivity index (χ3n) is 4.61. The lowest BCUT2D eigenvalue weighted by molar-refractivity contribution is 0.479. The number of aryl methyl sites for hydroxylation is 1. The smallest absolute Gasteiger partial charge is 0.0134 e. The molecule has 1 fully saturated rings. The second kappa shape index (κ2) is 2.85. The van der Waals surface area contributed by atoms with Crippen molar-refractivity contribution in [3.8, 4) is 0 Å². The maximum absolute atomic E-state index is 6.18. The van der Waals surface area contributed by atoms with E-state index in [0.717, 1.165) is 5.92 Å². The molecule has 2 N–H and O–H groups in total. The average Bonchev–Trinajstić information content (AvgIpc) is 2.63. The van der Waals surface area contributed by atoms with Crippen molar-refractivity contribution in [2.24, 2.45) is 17.1 Å². The third kappa shape index (κ3) is 1.19. The average molecular weight is 201 g/mol.